The molecule has 2 rings (SSSR count). The first kappa shape index (κ1) is 14.4. The molecule has 1 aromatic heterocycles. The zero-order valence-corrected chi connectivity index (χ0v) is 12.4. The Labute approximate surface area is 121 Å². The third kappa shape index (κ3) is 2.62. The van der Waals surface area contributed by atoms with Crippen LogP contribution in [0.15, 0.2) is 18.2 Å². The molecule has 106 valence electrons. The number of nitrogens with zero attached hydrogens (tertiary/aromatic N) is 3. The molecule has 0 saturated carbocycles. The van der Waals surface area contributed by atoms with Gasteiger partial charge in [0.15, 0.2) is 10.6 Å². The summed E-state index contributed by atoms with van der Waals surface area (Å²) in [6.45, 7) is 6.62. The lowest BCUT2D eigenvalue weighted by Crippen LogP contribution is -2.08. The van der Waals surface area contributed by atoms with Gasteiger partial charge in [0, 0.05) is 12.6 Å². The van der Waals surface area contributed by atoms with Gasteiger partial charge in [-0.3, -0.25) is 19.8 Å². The number of nitro groups is 1. The Balaban J connectivity index is 2.69. The first-order valence-corrected chi connectivity index (χ1v) is 6.72. The van der Waals surface area contributed by atoms with Gasteiger partial charge in [-0.2, -0.15) is 5.10 Å². The molecule has 1 aromatic carbocycles. The number of rotatable bonds is 4. The minimum absolute atomic E-state index is 0.0454. The lowest BCUT2D eigenvalue weighted by atomic mass is 10.1. The molecule has 1 heterocycles. The summed E-state index contributed by atoms with van der Waals surface area (Å²) in [5.74, 6) is 0.884. The lowest BCUT2D eigenvalue weighted by Gasteiger charge is -2.11. The molecule has 6 nitrogen and oxygen atoms in total. The Hall–Kier alpha value is -2.02. The van der Waals surface area contributed by atoms with E-state index in [9.17, 15) is 10.1 Å². The van der Waals surface area contributed by atoms with Crippen LogP contribution in [0.5, 0.6) is 0 Å². The van der Waals surface area contributed by atoms with Crippen LogP contribution in [0.4, 0.5) is 5.69 Å². The molecule has 20 heavy (non-hydrogen) atoms. The summed E-state index contributed by atoms with van der Waals surface area (Å²) >= 11 is 5.22. The van der Waals surface area contributed by atoms with Crippen LogP contribution in [0.3, 0.4) is 0 Å². The van der Waals surface area contributed by atoms with Gasteiger partial charge in [0.25, 0.3) is 5.69 Å². The fraction of sp³-hybridized carbons (Fsp3) is 0.385. The molecule has 0 spiro atoms. The number of aromatic amines is 1. The van der Waals surface area contributed by atoms with Crippen molar-refractivity contribution in [1.82, 2.24) is 14.8 Å². The number of H-pyrrole nitrogens is 1. The zero-order valence-electron chi connectivity index (χ0n) is 11.6. The molecule has 0 aliphatic rings. The van der Waals surface area contributed by atoms with Gasteiger partial charge in [-0.15, -0.1) is 0 Å². The van der Waals surface area contributed by atoms with Crippen LogP contribution in [0.25, 0.3) is 11.4 Å². The fourth-order valence-electron chi connectivity index (χ4n) is 2.14. The van der Waals surface area contributed by atoms with E-state index in [4.69, 9.17) is 12.2 Å². The first-order chi connectivity index (χ1) is 9.41. The number of nitrogens with one attached hydrogen (secondary N) is 1. The van der Waals surface area contributed by atoms with E-state index in [2.05, 4.69) is 24.0 Å². The second-order valence-corrected chi connectivity index (χ2v) is 5.47. The molecular formula is C13H16N4O2S. The maximum atomic E-state index is 11.2. The zero-order chi connectivity index (χ0) is 14.9. The summed E-state index contributed by atoms with van der Waals surface area (Å²) in [7, 11) is 0. The van der Waals surface area contributed by atoms with Crippen molar-refractivity contribution < 1.29 is 4.92 Å². The molecule has 0 amide bonds. The van der Waals surface area contributed by atoms with Gasteiger partial charge in [0.1, 0.15) is 0 Å². The minimum Gasteiger partial charge on any atom is -0.300 e. The van der Waals surface area contributed by atoms with E-state index in [1.165, 1.54) is 6.07 Å². The van der Waals surface area contributed by atoms with Crippen LogP contribution in [0.1, 0.15) is 19.4 Å². The van der Waals surface area contributed by atoms with Crippen LogP contribution in [0, 0.1) is 27.7 Å². The van der Waals surface area contributed by atoms with E-state index in [-0.39, 0.29) is 10.6 Å². The first-order valence-electron chi connectivity index (χ1n) is 6.31. The molecule has 2 aromatic rings. The standard InChI is InChI=1S/C13H16N4O2S/c1-8(2)7-16-12(14-15-13(16)20)11-9(3)5-4-6-10(11)17(18)19/h4-6,8H,7H2,1-3H3,(H,15,20). The molecular weight excluding hydrogens is 276 g/mol. The summed E-state index contributed by atoms with van der Waals surface area (Å²) in [4.78, 5) is 10.8. The Morgan fingerprint density at radius 2 is 2.20 bits per heavy atom. The van der Waals surface area contributed by atoms with Crippen molar-refractivity contribution in [2.75, 3.05) is 0 Å². The van der Waals surface area contributed by atoms with Gasteiger partial charge in [-0.1, -0.05) is 26.0 Å². The summed E-state index contributed by atoms with van der Waals surface area (Å²) < 4.78 is 2.29. The van der Waals surface area contributed by atoms with Gasteiger partial charge in [-0.25, -0.2) is 0 Å². The number of hydrogen-bond donors (Lipinski definition) is 1. The number of nitro benzene ring substituents is 1. The second kappa shape index (κ2) is 5.54. The predicted molar refractivity (Wildman–Crippen MR) is 79.1 cm³/mol. The summed E-state index contributed by atoms with van der Waals surface area (Å²) in [6, 6.07) is 4.99. The largest absolute Gasteiger partial charge is 0.300 e. The maximum Gasteiger partial charge on any atom is 0.280 e. The summed E-state index contributed by atoms with van der Waals surface area (Å²) in [5, 5.41) is 18.1. The molecule has 0 radical (unpaired) electrons. The Morgan fingerprint density at radius 3 is 2.80 bits per heavy atom. The van der Waals surface area contributed by atoms with Gasteiger partial charge >= 0.3 is 0 Å². The molecule has 0 unspecified atom stereocenters. The predicted octanol–water partition coefficient (Wildman–Crippen LogP) is 3.48. The molecule has 0 atom stereocenters. The van der Waals surface area contributed by atoms with Crippen molar-refractivity contribution in [3.8, 4) is 11.4 Å². The smallest absolute Gasteiger partial charge is 0.280 e. The number of benzene rings is 1. The molecule has 7 heteroatoms. The highest BCUT2D eigenvalue weighted by Crippen LogP contribution is 2.31. The Kier molecular flexibility index (Phi) is 3.99. The van der Waals surface area contributed by atoms with E-state index in [0.29, 0.717) is 28.6 Å². The number of aromatic nitrogens is 3. The Morgan fingerprint density at radius 1 is 1.50 bits per heavy atom. The van der Waals surface area contributed by atoms with Crippen molar-refractivity contribution in [3.05, 3.63) is 38.6 Å². The number of aryl methyl sites for hydroxylation is 1. The molecule has 0 aliphatic carbocycles. The average molecular weight is 292 g/mol. The van der Waals surface area contributed by atoms with Crippen LogP contribution < -0.4 is 0 Å². The average Bonchev–Trinajstić information content (AvgIpc) is 2.70. The van der Waals surface area contributed by atoms with E-state index in [0.717, 1.165) is 5.56 Å². The van der Waals surface area contributed by atoms with Crippen LogP contribution in [-0.4, -0.2) is 19.7 Å². The third-order valence-corrected chi connectivity index (χ3v) is 3.29. The highest BCUT2D eigenvalue weighted by Gasteiger charge is 2.22. The van der Waals surface area contributed by atoms with Crippen molar-refractivity contribution in [2.24, 2.45) is 5.92 Å². The third-order valence-electron chi connectivity index (χ3n) is 2.98. The van der Waals surface area contributed by atoms with E-state index < -0.39 is 0 Å². The quantitative estimate of drug-likeness (QED) is 0.531. The van der Waals surface area contributed by atoms with E-state index in [1.807, 2.05) is 17.6 Å². The molecule has 0 aliphatic heterocycles. The van der Waals surface area contributed by atoms with E-state index in [1.54, 1.807) is 6.07 Å². The SMILES string of the molecule is Cc1cccc([N+](=O)[O-])c1-c1n[nH]c(=S)n1CC(C)C. The van der Waals surface area contributed by atoms with Gasteiger partial charge < -0.3 is 0 Å². The molecule has 0 bridgehead atoms. The van der Waals surface area contributed by atoms with Crippen LogP contribution in [0.2, 0.25) is 0 Å². The summed E-state index contributed by atoms with van der Waals surface area (Å²) in [6.07, 6.45) is 0. The van der Waals surface area contributed by atoms with Gasteiger partial charge in [0.05, 0.1) is 10.5 Å². The van der Waals surface area contributed by atoms with Gasteiger partial charge in [-0.05, 0) is 30.6 Å². The monoisotopic (exact) mass is 292 g/mol. The Bertz CT molecular complexity index is 703. The second-order valence-electron chi connectivity index (χ2n) is 5.08. The van der Waals surface area contributed by atoms with Crippen molar-refractivity contribution in [2.45, 2.75) is 27.3 Å². The normalized spacial score (nSPS) is 11.0. The molecule has 0 saturated heterocycles. The highest BCUT2D eigenvalue weighted by molar-refractivity contribution is 7.71. The van der Waals surface area contributed by atoms with Crippen molar-refractivity contribution in [1.29, 1.82) is 0 Å². The van der Waals surface area contributed by atoms with Gasteiger partial charge in [0.2, 0.25) is 0 Å². The summed E-state index contributed by atoms with van der Waals surface area (Å²) in [5.41, 5.74) is 1.37. The topological polar surface area (TPSA) is 76.8 Å². The van der Waals surface area contributed by atoms with E-state index >= 15 is 0 Å². The van der Waals surface area contributed by atoms with Crippen LogP contribution in [-0.2, 0) is 6.54 Å². The fourth-order valence-corrected chi connectivity index (χ4v) is 2.35. The van der Waals surface area contributed by atoms with Crippen molar-refractivity contribution >= 4 is 17.9 Å². The maximum absolute atomic E-state index is 11.2. The van der Waals surface area contributed by atoms with Crippen molar-refractivity contribution in [3.63, 3.8) is 0 Å². The number of hydrogen-bond acceptors (Lipinski definition) is 4. The minimum atomic E-state index is -0.389. The van der Waals surface area contributed by atoms with Crippen LogP contribution >= 0.6 is 12.2 Å². The highest BCUT2D eigenvalue weighted by atomic mass is 32.1. The molecule has 1 N–H and O–H groups in total. The lowest BCUT2D eigenvalue weighted by molar-refractivity contribution is -0.384. The molecule has 0 fully saturated rings.